The highest BCUT2D eigenvalue weighted by Gasteiger charge is 2.25. The van der Waals surface area contributed by atoms with E-state index in [-0.39, 0.29) is 19.6 Å². The van der Waals surface area contributed by atoms with E-state index in [0.717, 1.165) is 17.4 Å². The second-order valence-corrected chi connectivity index (χ2v) is 12.5. The molecule has 140 valence electrons. The average molecular weight is 381 g/mol. The van der Waals surface area contributed by atoms with Gasteiger partial charge in [0.1, 0.15) is 5.82 Å². The van der Waals surface area contributed by atoms with Crippen LogP contribution in [0.5, 0.6) is 0 Å². The first-order chi connectivity index (χ1) is 12.2. The number of rotatable bonds is 6. The van der Waals surface area contributed by atoms with Gasteiger partial charge < -0.3 is 0 Å². The van der Waals surface area contributed by atoms with Crippen molar-refractivity contribution in [3.63, 3.8) is 0 Å². The van der Waals surface area contributed by atoms with Gasteiger partial charge in [0.2, 0.25) is 0 Å². The van der Waals surface area contributed by atoms with Crippen LogP contribution in [-0.2, 0) is 0 Å². The summed E-state index contributed by atoms with van der Waals surface area (Å²) in [6.07, 6.45) is 12.5. The van der Waals surface area contributed by atoms with Crippen LogP contribution in [0.2, 0.25) is 23.2 Å². The monoisotopic (exact) mass is 380 g/mol. The van der Waals surface area contributed by atoms with E-state index >= 15 is 0 Å². The molecule has 25 heavy (non-hydrogen) atoms. The summed E-state index contributed by atoms with van der Waals surface area (Å²) in [6.45, 7) is 2.36. The summed E-state index contributed by atoms with van der Waals surface area (Å²) in [4.78, 5) is 0. The lowest BCUT2D eigenvalue weighted by Crippen LogP contribution is -2.22. The molecule has 0 spiro atoms. The van der Waals surface area contributed by atoms with Crippen molar-refractivity contribution < 1.29 is 4.39 Å². The minimum Gasteiger partial charge on any atom is -0.205 e. The van der Waals surface area contributed by atoms with Crippen molar-refractivity contribution in [3.8, 4) is 0 Å². The Kier molecular flexibility index (Phi) is 7.42. The van der Waals surface area contributed by atoms with Gasteiger partial charge in [0.25, 0.3) is 0 Å². The van der Waals surface area contributed by atoms with Gasteiger partial charge in [-0.1, -0.05) is 74.8 Å². The Labute approximate surface area is 160 Å². The van der Waals surface area contributed by atoms with E-state index in [0.29, 0.717) is 5.92 Å². The van der Waals surface area contributed by atoms with Crippen LogP contribution >= 0.6 is 11.6 Å². The standard InChI is InChI=1S/C22H34ClFSi/c1-2-13-25-14-11-18(12-15-25)4-3-17-5-7-19(8-6-17)20-9-10-21(23)22(24)16-20/h9-10,16-19,25H,2-8,11-15H2,1H3/t17-,18-,19-,25-. The summed E-state index contributed by atoms with van der Waals surface area (Å²) in [5.41, 5.74) is 1.15. The van der Waals surface area contributed by atoms with Gasteiger partial charge in [-0.2, -0.15) is 0 Å². The fourth-order valence-electron chi connectivity index (χ4n) is 5.24. The van der Waals surface area contributed by atoms with Gasteiger partial charge in [0.05, 0.1) is 5.02 Å². The van der Waals surface area contributed by atoms with E-state index in [1.54, 1.807) is 30.3 Å². The van der Waals surface area contributed by atoms with E-state index < -0.39 is 0 Å². The van der Waals surface area contributed by atoms with Crippen LogP contribution in [0.4, 0.5) is 4.39 Å². The van der Waals surface area contributed by atoms with E-state index in [1.165, 1.54) is 57.8 Å². The van der Waals surface area contributed by atoms with Gasteiger partial charge >= 0.3 is 0 Å². The normalized spacial score (nSPS) is 30.4. The summed E-state index contributed by atoms with van der Waals surface area (Å²) in [5, 5.41) is 0.245. The molecule has 2 fully saturated rings. The number of hydrogen-bond acceptors (Lipinski definition) is 0. The topological polar surface area (TPSA) is 0 Å². The summed E-state index contributed by atoms with van der Waals surface area (Å²) >= 11 is 5.81. The average Bonchev–Trinajstić information content (AvgIpc) is 2.64. The van der Waals surface area contributed by atoms with Crippen LogP contribution in [0.3, 0.4) is 0 Å². The molecule has 1 aliphatic heterocycles. The van der Waals surface area contributed by atoms with Crippen molar-refractivity contribution in [3.05, 3.63) is 34.6 Å². The first kappa shape index (κ1) is 19.4. The summed E-state index contributed by atoms with van der Waals surface area (Å²) in [7, 11) is -0.315. The van der Waals surface area contributed by atoms with Gasteiger partial charge in [-0.05, 0) is 61.1 Å². The van der Waals surface area contributed by atoms with Crippen molar-refractivity contribution in [2.24, 2.45) is 11.8 Å². The fourth-order valence-corrected chi connectivity index (χ4v) is 8.92. The van der Waals surface area contributed by atoms with Gasteiger partial charge in [-0.25, -0.2) is 4.39 Å². The Morgan fingerprint density at radius 3 is 2.24 bits per heavy atom. The molecule has 1 saturated heterocycles. The highest BCUT2D eigenvalue weighted by atomic mass is 35.5. The predicted octanol–water partition coefficient (Wildman–Crippen LogP) is 7.58. The van der Waals surface area contributed by atoms with E-state index in [1.807, 2.05) is 6.07 Å². The molecule has 1 aromatic carbocycles. The largest absolute Gasteiger partial charge is 0.205 e. The molecule has 2 aliphatic rings. The quantitative estimate of drug-likeness (QED) is 0.446. The first-order valence-corrected chi connectivity index (χ1v) is 13.4. The number of benzene rings is 1. The highest BCUT2D eigenvalue weighted by Crippen LogP contribution is 2.40. The molecular weight excluding hydrogens is 347 g/mol. The minimum atomic E-state index is -0.315. The molecule has 3 rings (SSSR count). The van der Waals surface area contributed by atoms with E-state index in [2.05, 4.69) is 6.92 Å². The van der Waals surface area contributed by atoms with Crippen LogP contribution in [0.15, 0.2) is 18.2 Å². The van der Waals surface area contributed by atoms with Crippen molar-refractivity contribution in [2.45, 2.75) is 88.8 Å². The molecular formula is C22H34ClFSi. The lowest BCUT2D eigenvalue weighted by atomic mass is 9.76. The molecule has 0 atom stereocenters. The lowest BCUT2D eigenvalue weighted by Gasteiger charge is -2.32. The third kappa shape index (κ3) is 5.56. The fraction of sp³-hybridized carbons (Fsp3) is 0.727. The molecule has 0 nitrogen and oxygen atoms in total. The smallest absolute Gasteiger partial charge is 0.142 e. The highest BCUT2D eigenvalue weighted by molar-refractivity contribution is 6.58. The van der Waals surface area contributed by atoms with Crippen molar-refractivity contribution in [1.82, 2.24) is 0 Å². The van der Waals surface area contributed by atoms with Crippen LogP contribution < -0.4 is 0 Å². The predicted molar refractivity (Wildman–Crippen MR) is 110 cm³/mol. The summed E-state index contributed by atoms with van der Waals surface area (Å²) in [6, 6.07) is 10.2. The maximum atomic E-state index is 13.7. The van der Waals surface area contributed by atoms with Crippen LogP contribution in [0.1, 0.15) is 76.2 Å². The second-order valence-electron chi connectivity index (χ2n) is 8.64. The van der Waals surface area contributed by atoms with E-state index in [4.69, 9.17) is 11.6 Å². The number of halogens is 2. The van der Waals surface area contributed by atoms with Gasteiger partial charge in [0, 0.05) is 8.80 Å². The molecule has 3 heteroatoms. The Hall–Kier alpha value is -0.343. The SMILES string of the molecule is CCC[Si@H]1CC[C@H](CC[C@H]2CC[C@H](c3ccc(Cl)c(F)c3)CC2)CC1. The van der Waals surface area contributed by atoms with Crippen LogP contribution in [-0.4, -0.2) is 8.80 Å². The van der Waals surface area contributed by atoms with Gasteiger partial charge in [0.15, 0.2) is 0 Å². The molecule has 1 saturated carbocycles. The zero-order chi connectivity index (χ0) is 17.6. The zero-order valence-corrected chi connectivity index (χ0v) is 17.7. The molecule has 1 aromatic rings. The van der Waals surface area contributed by atoms with Crippen molar-refractivity contribution in [1.29, 1.82) is 0 Å². The number of hydrogen-bond donors (Lipinski definition) is 0. The van der Waals surface area contributed by atoms with Gasteiger partial charge in [-0.15, -0.1) is 0 Å². The van der Waals surface area contributed by atoms with Crippen LogP contribution in [0, 0.1) is 17.7 Å². The third-order valence-electron chi connectivity index (χ3n) is 6.91. The maximum Gasteiger partial charge on any atom is 0.142 e. The van der Waals surface area contributed by atoms with Crippen LogP contribution in [0.25, 0.3) is 0 Å². The van der Waals surface area contributed by atoms with Crippen molar-refractivity contribution >= 4 is 20.4 Å². The molecule has 0 aromatic heterocycles. The first-order valence-electron chi connectivity index (χ1n) is 10.6. The molecule has 0 N–H and O–H groups in total. The Bertz CT molecular complexity index is 531. The maximum absolute atomic E-state index is 13.7. The minimum absolute atomic E-state index is 0.245. The Morgan fingerprint density at radius 2 is 1.64 bits per heavy atom. The van der Waals surface area contributed by atoms with E-state index in [9.17, 15) is 4.39 Å². The third-order valence-corrected chi connectivity index (χ3v) is 10.9. The molecule has 1 heterocycles. The second kappa shape index (κ2) is 9.55. The van der Waals surface area contributed by atoms with Gasteiger partial charge in [-0.3, -0.25) is 0 Å². The summed E-state index contributed by atoms with van der Waals surface area (Å²) < 4.78 is 13.7. The molecule has 0 radical (unpaired) electrons. The zero-order valence-electron chi connectivity index (χ0n) is 15.8. The lowest BCUT2D eigenvalue weighted by molar-refractivity contribution is 0.280. The Morgan fingerprint density at radius 1 is 1.00 bits per heavy atom. The molecule has 0 bridgehead atoms. The van der Waals surface area contributed by atoms with Crippen molar-refractivity contribution in [2.75, 3.05) is 0 Å². The molecule has 0 unspecified atom stereocenters. The Balaban J connectivity index is 1.37. The molecule has 1 aliphatic carbocycles. The molecule has 0 amide bonds. The summed E-state index contributed by atoms with van der Waals surface area (Å²) in [5.74, 6) is 2.23.